The maximum absolute atomic E-state index is 5.71. The van der Waals surface area contributed by atoms with Crippen LogP contribution >= 0.6 is 46.4 Å². The van der Waals surface area contributed by atoms with Gasteiger partial charge in [0.15, 0.2) is 5.15 Å². The van der Waals surface area contributed by atoms with Crippen molar-refractivity contribution < 1.29 is 4.74 Å². The lowest BCUT2D eigenvalue weighted by atomic mass is 10.5. The highest BCUT2D eigenvalue weighted by Crippen LogP contribution is 2.39. The van der Waals surface area contributed by atoms with Crippen molar-refractivity contribution >= 4 is 46.4 Å². The van der Waals surface area contributed by atoms with Gasteiger partial charge < -0.3 is 4.74 Å². The van der Waals surface area contributed by atoms with Crippen LogP contribution in [0.5, 0.6) is 5.88 Å². The predicted molar refractivity (Wildman–Crippen MR) is 50.8 cm³/mol. The van der Waals surface area contributed by atoms with Crippen molar-refractivity contribution in [1.29, 1.82) is 0 Å². The van der Waals surface area contributed by atoms with E-state index in [1.54, 1.807) is 0 Å². The second-order valence-corrected chi connectivity index (χ2v) is 3.35. The molecule has 0 aliphatic rings. The highest BCUT2D eigenvalue weighted by Gasteiger charge is 2.14. The van der Waals surface area contributed by atoms with Gasteiger partial charge in [-0.15, -0.1) is 0 Å². The van der Waals surface area contributed by atoms with Crippen molar-refractivity contribution in [1.82, 2.24) is 4.98 Å². The van der Waals surface area contributed by atoms with Gasteiger partial charge in [-0.1, -0.05) is 46.4 Å². The van der Waals surface area contributed by atoms with Gasteiger partial charge >= 0.3 is 0 Å². The molecule has 66 valence electrons. The van der Waals surface area contributed by atoms with E-state index in [-0.39, 0.29) is 26.1 Å². The van der Waals surface area contributed by atoms with Gasteiger partial charge in [0.1, 0.15) is 5.02 Å². The van der Waals surface area contributed by atoms with Crippen LogP contribution in [0.3, 0.4) is 0 Å². The standard InChI is InChI=1S/C6H3Cl4NO/c1-12-6-4(9)2(7)3(8)5(10)11-6/h1H3. The number of ether oxygens (including phenoxy) is 1. The molecule has 0 fully saturated rings. The van der Waals surface area contributed by atoms with E-state index in [9.17, 15) is 0 Å². The number of methoxy groups -OCH3 is 1. The Morgan fingerprint density at radius 2 is 1.58 bits per heavy atom. The molecule has 6 heteroatoms. The lowest BCUT2D eigenvalue weighted by Gasteiger charge is -2.05. The van der Waals surface area contributed by atoms with E-state index in [1.165, 1.54) is 7.11 Å². The lowest BCUT2D eigenvalue weighted by Crippen LogP contribution is -1.90. The van der Waals surface area contributed by atoms with Crippen LogP contribution in [0.25, 0.3) is 0 Å². The molecule has 0 unspecified atom stereocenters. The monoisotopic (exact) mass is 245 g/mol. The Balaban J connectivity index is 3.39. The third kappa shape index (κ3) is 1.72. The van der Waals surface area contributed by atoms with Gasteiger partial charge in [-0.25, -0.2) is 0 Å². The van der Waals surface area contributed by atoms with Crippen molar-refractivity contribution in [3.8, 4) is 5.88 Å². The summed E-state index contributed by atoms with van der Waals surface area (Å²) in [6, 6.07) is 0. The van der Waals surface area contributed by atoms with Crippen LogP contribution in [0.2, 0.25) is 20.2 Å². The fourth-order valence-corrected chi connectivity index (χ4v) is 1.39. The molecule has 0 radical (unpaired) electrons. The number of hydrogen-bond donors (Lipinski definition) is 0. The van der Waals surface area contributed by atoms with Crippen molar-refractivity contribution in [2.75, 3.05) is 7.11 Å². The topological polar surface area (TPSA) is 22.1 Å². The zero-order valence-corrected chi connectivity index (χ0v) is 8.89. The molecule has 0 N–H and O–H groups in total. The average Bonchev–Trinajstić information content (AvgIpc) is 2.08. The zero-order valence-electron chi connectivity index (χ0n) is 5.87. The molecule has 0 spiro atoms. The summed E-state index contributed by atoms with van der Waals surface area (Å²) in [5, 5.41) is 0.510. The number of rotatable bonds is 1. The van der Waals surface area contributed by atoms with E-state index in [2.05, 4.69) is 4.98 Å². The molecule has 0 saturated carbocycles. The molecule has 1 heterocycles. The summed E-state index contributed by atoms with van der Waals surface area (Å²) >= 11 is 22.7. The number of halogens is 4. The number of pyridine rings is 1. The maximum Gasteiger partial charge on any atom is 0.235 e. The van der Waals surface area contributed by atoms with E-state index in [0.29, 0.717) is 0 Å². The Morgan fingerprint density at radius 3 is 2.08 bits per heavy atom. The molecular weight excluding hydrogens is 244 g/mol. The van der Waals surface area contributed by atoms with Crippen LogP contribution in [-0.2, 0) is 0 Å². The summed E-state index contributed by atoms with van der Waals surface area (Å²) in [6.07, 6.45) is 0. The molecule has 0 saturated heterocycles. The van der Waals surface area contributed by atoms with E-state index in [1.807, 2.05) is 0 Å². The van der Waals surface area contributed by atoms with Crippen molar-refractivity contribution in [3.05, 3.63) is 20.2 Å². The zero-order chi connectivity index (χ0) is 9.30. The smallest absolute Gasteiger partial charge is 0.235 e. The fraction of sp³-hybridized carbons (Fsp3) is 0.167. The van der Waals surface area contributed by atoms with Gasteiger partial charge in [0.2, 0.25) is 5.88 Å². The van der Waals surface area contributed by atoms with Crippen molar-refractivity contribution in [2.24, 2.45) is 0 Å². The first-order valence-electron chi connectivity index (χ1n) is 2.82. The van der Waals surface area contributed by atoms with Gasteiger partial charge in [0.25, 0.3) is 0 Å². The third-order valence-corrected chi connectivity index (χ3v) is 2.81. The normalized spacial score (nSPS) is 10.1. The number of aromatic nitrogens is 1. The van der Waals surface area contributed by atoms with Crippen LogP contribution in [-0.4, -0.2) is 12.1 Å². The molecular formula is C6H3Cl4NO. The van der Waals surface area contributed by atoms with Crippen molar-refractivity contribution in [2.45, 2.75) is 0 Å². The molecule has 1 rings (SSSR count). The minimum Gasteiger partial charge on any atom is -0.480 e. The van der Waals surface area contributed by atoms with E-state index >= 15 is 0 Å². The SMILES string of the molecule is COc1nc(Cl)c(Cl)c(Cl)c1Cl. The molecule has 0 aliphatic heterocycles. The first kappa shape index (κ1) is 10.2. The molecule has 12 heavy (non-hydrogen) atoms. The van der Waals surface area contributed by atoms with Crippen LogP contribution in [0.15, 0.2) is 0 Å². The lowest BCUT2D eigenvalue weighted by molar-refractivity contribution is 0.398. The second-order valence-electron chi connectivity index (χ2n) is 1.85. The minimum atomic E-state index is 0.0721. The number of nitrogens with zero attached hydrogens (tertiary/aromatic N) is 1. The molecule has 0 atom stereocenters. The molecule has 0 aliphatic carbocycles. The van der Waals surface area contributed by atoms with Crippen molar-refractivity contribution in [3.63, 3.8) is 0 Å². The highest BCUT2D eigenvalue weighted by atomic mass is 35.5. The molecule has 1 aromatic heterocycles. The maximum atomic E-state index is 5.71. The Morgan fingerprint density at radius 1 is 1.00 bits per heavy atom. The Hall–Kier alpha value is 0.110. The largest absolute Gasteiger partial charge is 0.480 e. The Labute approximate surface area is 89.3 Å². The summed E-state index contributed by atoms with van der Waals surface area (Å²) in [4.78, 5) is 3.75. The van der Waals surface area contributed by atoms with Gasteiger partial charge in [0, 0.05) is 0 Å². The van der Waals surface area contributed by atoms with E-state index in [4.69, 9.17) is 51.1 Å². The van der Waals surface area contributed by atoms with Crippen LogP contribution in [0.4, 0.5) is 0 Å². The molecule has 1 aromatic rings. The van der Waals surface area contributed by atoms with Crippen LogP contribution < -0.4 is 4.74 Å². The molecule has 0 bridgehead atoms. The molecule has 0 aromatic carbocycles. The Kier molecular flexibility index (Phi) is 3.29. The predicted octanol–water partition coefficient (Wildman–Crippen LogP) is 3.70. The quantitative estimate of drug-likeness (QED) is 0.705. The summed E-state index contributed by atoms with van der Waals surface area (Å²) in [6.45, 7) is 0. The summed E-state index contributed by atoms with van der Waals surface area (Å²) < 4.78 is 4.79. The minimum absolute atomic E-state index is 0.0721. The van der Waals surface area contributed by atoms with E-state index in [0.717, 1.165) is 0 Å². The third-order valence-electron chi connectivity index (χ3n) is 1.15. The van der Waals surface area contributed by atoms with Gasteiger partial charge in [-0.2, -0.15) is 4.98 Å². The van der Waals surface area contributed by atoms with Gasteiger partial charge in [-0.3, -0.25) is 0 Å². The average molecular weight is 247 g/mol. The Bertz CT molecular complexity index is 315. The highest BCUT2D eigenvalue weighted by molar-refractivity contribution is 6.51. The summed E-state index contributed by atoms with van der Waals surface area (Å²) in [5.74, 6) is 0.163. The van der Waals surface area contributed by atoms with Crippen LogP contribution in [0, 0.1) is 0 Å². The number of hydrogen-bond acceptors (Lipinski definition) is 2. The van der Waals surface area contributed by atoms with Gasteiger partial charge in [0.05, 0.1) is 17.2 Å². The fourth-order valence-electron chi connectivity index (χ4n) is 0.603. The van der Waals surface area contributed by atoms with Gasteiger partial charge in [-0.05, 0) is 0 Å². The summed E-state index contributed by atoms with van der Waals surface area (Å²) in [7, 11) is 1.41. The summed E-state index contributed by atoms with van der Waals surface area (Å²) in [5.41, 5.74) is 0. The van der Waals surface area contributed by atoms with Crippen LogP contribution in [0.1, 0.15) is 0 Å². The first-order chi connectivity index (χ1) is 5.57. The second kappa shape index (κ2) is 3.88. The van der Waals surface area contributed by atoms with E-state index < -0.39 is 0 Å². The molecule has 0 amide bonds. The first-order valence-corrected chi connectivity index (χ1v) is 4.33. The molecule has 2 nitrogen and oxygen atoms in total.